The van der Waals surface area contributed by atoms with Crippen molar-refractivity contribution in [1.82, 2.24) is 15.1 Å². The first-order valence-electron chi connectivity index (χ1n) is 7.88. The lowest BCUT2D eigenvalue weighted by Gasteiger charge is -2.31. The van der Waals surface area contributed by atoms with Crippen LogP contribution >= 0.6 is 15.9 Å². The minimum atomic E-state index is -0.0404. The summed E-state index contributed by atoms with van der Waals surface area (Å²) in [5, 5.41) is 7.68. The van der Waals surface area contributed by atoms with Crippen molar-refractivity contribution in [1.29, 1.82) is 0 Å². The number of piperidine rings is 1. The van der Waals surface area contributed by atoms with Crippen LogP contribution in [0.3, 0.4) is 0 Å². The lowest BCUT2D eigenvalue weighted by Crippen LogP contribution is -2.38. The Morgan fingerprint density at radius 1 is 1.43 bits per heavy atom. The van der Waals surface area contributed by atoms with Gasteiger partial charge in [-0.15, -0.1) is 0 Å². The molecular formula is C15H25BrN4O. The summed E-state index contributed by atoms with van der Waals surface area (Å²) in [7, 11) is 0. The van der Waals surface area contributed by atoms with E-state index in [-0.39, 0.29) is 5.56 Å². The van der Waals surface area contributed by atoms with E-state index >= 15 is 0 Å². The highest BCUT2D eigenvalue weighted by molar-refractivity contribution is 9.10. The first-order chi connectivity index (χ1) is 10.2. The van der Waals surface area contributed by atoms with Crippen LogP contribution in [0.4, 0.5) is 5.69 Å². The van der Waals surface area contributed by atoms with Crippen LogP contribution < -0.4 is 15.8 Å². The van der Waals surface area contributed by atoms with Crippen LogP contribution in [0.25, 0.3) is 0 Å². The molecule has 0 radical (unpaired) electrons. The molecule has 2 heterocycles. The summed E-state index contributed by atoms with van der Waals surface area (Å²) in [4.78, 5) is 14.6. The monoisotopic (exact) mass is 356 g/mol. The van der Waals surface area contributed by atoms with Crippen LogP contribution in [0.15, 0.2) is 15.5 Å². The summed E-state index contributed by atoms with van der Waals surface area (Å²) in [6.45, 7) is 8.86. The van der Waals surface area contributed by atoms with E-state index in [1.54, 1.807) is 0 Å². The lowest BCUT2D eigenvalue weighted by atomic mass is 9.97. The van der Waals surface area contributed by atoms with Crippen molar-refractivity contribution in [2.24, 2.45) is 5.92 Å². The predicted molar refractivity (Wildman–Crippen MR) is 90.0 cm³/mol. The second-order valence-electron chi connectivity index (χ2n) is 5.60. The summed E-state index contributed by atoms with van der Waals surface area (Å²) < 4.78 is 2.13. The summed E-state index contributed by atoms with van der Waals surface area (Å²) in [6, 6.07) is 0. The second kappa shape index (κ2) is 7.94. The van der Waals surface area contributed by atoms with Gasteiger partial charge < -0.3 is 10.2 Å². The third-order valence-electron chi connectivity index (χ3n) is 4.04. The number of nitrogens with one attached hydrogen (secondary N) is 1. The normalized spacial score (nSPS) is 16.1. The van der Waals surface area contributed by atoms with Crippen LogP contribution in [0.5, 0.6) is 0 Å². The fourth-order valence-corrected chi connectivity index (χ4v) is 3.42. The van der Waals surface area contributed by atoms with Crippen molar-refractivity contribution in [3.8, 4) is 0 Å². The Labute approximate surface area is 134 Å². The van der Waals surface area contributed by atoms with E-state index in [0.717, 1.165) is 38.3 Å². The van der Waals surface area contributed by atoms with Gasteiger partial charge >= 0.3 is 0 Å². The molecule has 1 saturated heterocycles. The van der Waals surface area contributed by atoms with E-state index in [0.29, 0.717) is 16.9 Å². The zero-order valence-electron chi connectivity index (χ0n) is 12.9. The van der Waals surface area contributed by atoms with Gasteiger partial charge in [0, 0.05) is 19.6 Å². The Balaban J connectivity index is 2.21. The zero-order valence-corrected chi connectivity index (χ0v) is 14.5. The highest BCUT2D eigenvalue weighted by atomic mass is 79.9. The van der Waals surface area contributed by atoms with Crippen LogP contribution in [0.1, 0.15) is 33.1 Å². The number of hydrogen-bond acceptors (Lipinski definition) is 4. The van der Waals surface area contributed by atoms with Gasteiger partial charge in [-0.05, 0) is 61.1 Å². The average molecular weight is 357 g/mol. The van der Waals surface area contributed by atoms with Crippen molar-refractivity contribution in [3.05, 3.63) is 21.0 Å². The van der Waals surface area contributed by atoms with E-state index in [1.165, 1.54) is 17.5 Å². The maximum Gasteiger partial charge on any atom is 0.283 e. The minimum Gasteiger partial charge on any atom is -0.369 e. The molecular weight excluding hydrogens is 332 g/mol. The molecule has 21 heavy (non-hydrogen) atoms. The largest absolute Gasteiger partial charge is 0.369 e. The Kier molecular flexibility index (Phi) is 6.23. The standard InChI is InChI=1S/C15H25BrN4O/c1-3-9-19(11-12-5-7-17-8-6-12)13-10-18-20(4-2)15(21)14(13)16/h10,12,17H,3-9,11H2,1-2H3. The summed E-state index contributed by atoms with van der Waals surface area (Å²) in [5.41, 5.74) is 0.895. The first kappa shape index (κ1) is 16.5. The maximum atomic E-state index is 12.2. The van der Waals surface area contributed by atoms with Gasteiger partial charge in [0.2, 0.25) is 0 Å². The van der Waals surface area contributed by atoms with Gasteiger partial charge in [-0.2, -0.15) is 5.10 Å². The van der Waals surface area contributed by atoms with Crippen molar-refractivity contribution in [2.75, 3.05) is 31.1 Å². The number of halogens is 1. The molecule has 0 aromatic carbocycles. The predicted octanol–water partition coefficient (Wildman–Crippen LogP) is 2.24. The SMILES string of the molecule is CCCN(CC1CCNCC1)c1cnn(CC)c(=O)c1Br. The Hall–Kier alpha value is -0.880. The number of aryl methyl sites for hydroxylation is 1. The number of nitrogens with zero attached hydrogens (tertiary/aromatic N) is 3. The Bertz CT molecular complexity index is 511. The van der Waals surface area contributed by atoms with Crippen molar-refractivity contribution < 1.29 is 0 Å². The molecule has 0 saturated carbocycles. The third-order valence-corrected chi connectivity index (χ3v) is 4.78. The van der Waals surface area contributed by atoms with Gasteiger partial charge in [0.25, 0.3) is 5.56 Å². The van der Waals surface area contributed by atoms with Gasteiger partial charge in [-0.1, -0.05) is 6.92 Å². The highest BCUT2D eigenvalue weighted by Crippen LogP contribution is 2.24. The van der Waals surface area contributed by atoms with Gasteiger partial charge in [-0.25, -0.2) is 4.68 Å². The van der Waals surface area contributed by atoms with Crippen LogP contribution in [-0.4, -0.2) is 36.0 Å². The number of hydrogen-bond donors (Lipinski definition) is 1. The topological polar surface area (TPSA) is 50.2 Å². The van der Waals surface area contributed by atoms with E-state index < -0.39 is 0 Å². The van der Waals surface area contributed by atoms with E-state index in [9.17, 15) is 4.79 Å². The maximum absolute atomic E-state index is 12.2. The number of rotatable bonds is 6. The summed E-state index contributed by atoms with van der Waals surface area (Å²) in [6.07, 6.45) is 5.30. The number of aromatic nitrogens is 2. The molecule has 1 aliphatic heterocycles. The van der Waals surface area contributed by atoms with Crippen LogP contribution in [0.2, 0.25) is 0 Å². The third kappa shape index (κ3) is 4.07. The van der Waals surface area contributed by atoms with Gasteiger partial charge in [0.1, 0.15) is 4.47 Å². The smallest absolute Gasteiger partial charge is 0.283 e. The fraction of sp³-hybridized carbons (Fsp3) is 0.733. The zero-order chi connectivity index (χ0) is 15.2. The molecule has 0 amide bonds. The first-order valence-corrected chi connectivity index (χ1v) is 8.67. The minimum absolute atomic E-state index is 0.0404. The lowest BCUT2D eigenvalue weighted by molar-refractivity contribution is 0.373. The highest BCUT2D eigenvalue weighted by Gasteiger charge is 2.20. The molecule has 6 heteroatoms. The van der Waals surface area contributed by atoms with E-state index in [1.807, 2.05) is 13.1 Å². The molecule has 0 bridgehead atoms. The van der Waals surface area contributed by atoms with Crippen LogP contribution in [0, 0.1) is 5.92 Å². The van der Waals surface area contributed by atoms with Crippen molar-refractivity contribution in [2.45, 2.75) is 39.7 Å². The summed E-state index contributed by atoms with van der Waals surface area (Å²) in [5.74, 6) is 0.693. The Morgan fingerprint density at radius 2 is 2.14 bits per heavy atom. The molecule has 1 aromatic heterocycles. The molecule has 0 aliphatic carbocycles. The van der Waals surface area contributed by atoms with Gasteiger partial charge in [0.15, 0.2) is 0 Å². The molecule has 2 rings (SSSR count). The molecule has 1 N–H and O–H groups in total. The molecule has 0 unspecified atom stereocenters. The number of anilines is 1. The second-order valence-corrected chi connectivity index (χ2v) is 6.40. The van der Waals surface area contributed by atoms with Gasteiger partial charge in [-0.3, -0.25) is 4.79 Å². The molecule has 5 nitrogen and oxygen atoms in total. The molecule has 1 aliphatic rings. The van der Waals surface area contributed by atoms with Gasteiger partial charge in [0.05, 0.1) is 11.9 Å². The quantitative estimate of drug-likeness (QED) is 0.849. The van der Waals surface area contributed by atoms with Crippen LogP contribution in [-0.2, 0) is 6.54 Å². The van der Waals surface area contributed by atoms with Crippen molar-refractivity contribution >= 4 is 21.6 Å². The molecule has 1 aromatic rings. The average Bonchev–Trinajstić information content (AvgIpc) is 2.51. The van der Waals surface area contributed by atoms with E-state index in [4.69, 9.17) is 0 Å². The van der Waals surface area contributed by atoms with Crippen molar-refractivity contribution in [3.63, 3.8) is 0 Å². The summed E-state index contributed by atoms with van der Waals surface area (Å²) >= 11 is 3.48. The molecule has 0 spiro atoms. The Morgan fingerprint density at radius 3 is 2.76 bits per heavy atom. The molecule has 118 valence electrons. The van der Waals surface area contributed by atoms with E-state index in [2.05, 4.69) is 38.2 Å². The fourth-order valence-electron chi connectivity index (χ4n) is 2.86. The molecule has 1 fully saturated rings. The molecule has 0 atom stereocenters.